The summed E-state index contributed by atoms with van der Waals surface area (Å²) in [6.07, 6.45) is 0.410. The Labute approximate surface area is 238 Å². The van der Waals surface area contributed by atoms with Crippen LogP contribution in [0.3, 0.4) is 0 Å². The van der Waals surface area contributed by atoms with E-state index in [-0.39, 0.29) is 0 Å². The van der Waals surface area contributed by atoms with E-state index in [9.17, 15) is 10.2 Å². The van der Waals surface area contributed by atoms with Gasteiger partial charge in [-0.05, 0) is 42.0 Å². The molecule has 5 aromatic rings. The molecule has 0 saturated carbocycles. The van der Waals surface area contributed by atoms with Crippen LogP contribution in [0.5, 0.6) is 23.0 Å². The molecule has 4 nitrogen and oxygen atoms in total. The lowest BCUT2D eigenvalue weighted by Crippen LogP contribution is -2.29. The molecule has 4 heteroatoms. The van der Waals surface area contributed by atoms with Gasteiger partial charge in [-0.3, -0.25) is 0 Å². The molecule has 0 aliphatic carbocycles. The average Bonchev–Trinajstić information content (AvgIpc) is 3.01. The molecule has 2 aliphatic rings. The summed E-state index contributed by atoms with van der Waals surface area (Å²) in [7, 11) is 0. The SMILES string of the molecule is OC1(C#CCc2cccc(C#CC3(O)c4ccccc4Oc4ccccc43)c2)c2ccccc2Oc2ccccc21. The van der Waals surface area contributed by atoms with Gasteiger partial charge in [-0.1, -0.05) is 109 Å². The van der Waals surface area contributed by atoms with Gasteiger partial charge in [-0.15, -0.1) is 0 Å². The van der Waals surface area contributed by atoms with Crippen LogP contribution in [0.4, 0.5) is 0 Å². The first-order valence-electron chi connectivity index (χ1n) is 13.4. The number of benzene rings is 5. The third-order valence-corrected chi connectivity index (χ3v) is 7.42. The van der Waals surface area contributed by atoms with Crippen molar-refractivity contribution >= 4 is 0 Å². The molecule has 0 bridgehead atoms. The smallest absolute Gasteiger partial charge is 0.184 e. The number of rotatable bonds is 1. The third-order valence-electron chi connectivity index (χ3n) is 7.42. The minimum atomic E-state index is -1.52. The van der Waals surface area contributed by atoms with Crippen LogP contribution in [-0.2, 0) is 17.6 Å². The summed E-state index contributed by atoms with van der Waals surface area (Å²) >= 11 is 0. The number of para-hydroxylation sites is 4. The highest BCUT2D eigenvalue weighted by atomic mass is 16.5. The van der Waals surface area contributed by atoms with Crippen molar-refractivity contribution in [3.05, 3.63) is 155 Å². The van der Waals surface area contributed by atoms with E-state index in [0.29, 0.717) is 51.7 Å². The normalized spacial score (nSPS) is 14.6. The Hall–Kier alpha value is -5.26. The molecule has 0 amide bonds. The Morgan fingerprint density at radius 3 is 1.44 bits per heavy atom. The summed E-state index contributed by atoms with van der Waals surface area (Å²) in [5.74, 6) is 15.0. The lowest BCUT2D eigenvalue weighted by molar-refractivity contribution is 0.131. The molecule has 0 atom stereocenters. The molecule has 41 heavy (non-hydrogen) atoms. The Balaban J connectivity index is 1.21. The van der Waals surface area contributed by atoms with Crippen molar-refractivity contribution in [2.75, 3.05) is 0 Å². The zero-order valence-corrected chi connectivity index (χ0v) is 22.0. The molecule has 5 aromatic carbocycles. The van der Waals surface area contributed by atoms with E-state index in [1.54, 1.807) is 0 Å². The molecule has 0 saturated heterocycles. The molecule has 0 unspecified atom stereocenters. The second kappa shape index (κ2) is 9.73. The van der Waals surface area contributed by atoms with E-state index in [4.69, 9.17) is 9.47 Å². The summed E-state index contributed by atoms with van der Waals surface area (Å²) in [5.41, 5.74) is 1.15. The van der Waals surface area contributed by atoms with Crippen LogP contribution in [-0.4, -0.2) is 10.2 Å². The Morgan fingerprint density at radius 1 is 0.512 bits per heavy atom. The van der Waals surface area contributed by atoms with E-state index in [2.05, 4.69) is 23.7 Å². The highest BCUT2D eigenvalue weighted by Crippen LogP contribution is 2.47. The minimum absolute atomic E-state index is 0.410. The van der Waals surface area contributed by atoms with Gasteiger partial charge in [-0.2, -0.15) is 0 Å². The quantitative estimate of drug-likeness (QED) is 0.237. The molecule has 0 spiro atoms. The highest BCUT2D eigenvalue weighted by molar-refractivity contribution is 5.62. The van der Waals surface area contributed by atoms with E-state index >= 15 is 0 Å². The summed E-state index contributed by atoms with van der Waals surface area (Å²) in [4.78, 5) is 0. The topological polar surface area (TPSA) is 58.9 Å². The van der Waals surface area contributed by atoms with Gasteiger partial charge in [-0.25, -0.2) is 0 Å². The summed E-state index contributed by atoms with van der Waals surface area (Å²) in [5, 5.41) is 23.7. The zero-order valence-electron chi connectivity index (χ0n) is 22.0. The number of fused-ring (bicyclic) bond motifs is 4. The molecule has 0 fully saturated rings. The van der Waals surface area contributed by atoms with Crippen molar-refractivity contribution in [2.24, 2.45) is 0 Å². The summed E-state index contributed by atoms with van der Waals surface area (Å²) < 4.78 is 12.0. The van der Waals surface area contributed by atoms with Crippen LogP contribution < -0.4 is 9.47 Å². The first-order chi connectivity index (χ1) is 20.0. The second-order valence-electron chi connectivity index (χ2n) is 10.0. The molecule has 2 N–H and O–H groups in total. The minimum Gasteiger partial charge on any atom is -0.456 e. The number of hydrogen-bond donors (Lipinski definition) is 2. The van der Waals surface area contributed by atoms with Gasteiger partial charge in [0.2, 0.25) is 0 Å². The lowest BCUT2D eigenvalue weighted by Gasteiger charge is -2.32. The van der Waals surface area contributed by atoms with Gasteiger partial charge in [0.15, 0.2) is 11.2 Å². The van der Waals surface area contributed by atoms with Crippen LogP contribution in [0.15, 0.2) is 121 Å². The molecule has 196 valence electrons. The highest BCUT2D eigenvalue weighted by Gasteiger charge is 2.40. The largest absolute Gasteiger partial charge is 0.456 e. The Bertz CT molecular complexity index is 1840. The fourth-order valence-corrected chi connectivity index (χ4v) is 5.41. The van der Waals surface area contributed by atoms with Gasteiger partial charge in [0.25, 0.3) is 0 Å². The first kappa shape index (κ1) is 24.8. The van der Waals surface area contributed by atoms with Crippen LogP contribution in [0.25, 0.3) is 0 Å². The fraction of sp³-hybridized carbons (Fsp3) is 0.0811. The Kier molecular flexibility index (Phi) is 5.88. The van der Waals surface area contributed by atoms with Crippen molar-refractivity contribution in [3.63, 3.8) is 0 Å². The maximum absolute atomic E-state index is 11.9. The zero-order chi connectivity index (χ0) is 27.9. The van der Waals surface area contributed by atoms with E-state index in [1.165, 1.54) is 0 Å². The summed E-state index contributed by atoms with van der Waals surface area (Å²) in [6.45, 7) is 0. The van der Waals surface area contributed by atoms with Gasteiger partial charge in [0, 0.05) is 34.2 Å². The van der Waals surface area contributed by atoms with Crippen molar-refractivity contribution in [2.45, 2.75) is 17.6 Å². The van der Waals surface area contributed by atoms with Gasteiger partial charge >= 0.3 is 0 Å². The lowest BCUT2D eigenvalue weighted by atomic mass is 9.83. The van der Waals surface area contributed by atoms with Crippen LogP contribution in [0.2, 0.25) is 0 Å². The van der Waals surface area contributed by atoms with Gasteiger partial charge in [0.05, 0.1) is 0 Å². The standard InChI is InChI=1S/C37H24O4/c38-36(28-14-1-5-18-32(28)40-33-19-6-2-15-29(33)36)23-10-13-26-11-9-12-27(25-26)22-24-37(39)30-16-3-7-20-34(30)41-35-21-8-4-17-31(35)37/h1-9,11-12,14-21,25,38-39H,13H2. The van der Waals surface area contributed by atoms with Gasteiger partial charge < -0.3 is 19.7 Å². The van der Waals surface area contributed by atoms with Crippen molar-refractivity contribution < 1.29 is 19.7 Å². The van der Waals surface area contributed by atoms with Crippen molar-refractivity contribution in [1.82, 2.24) is 0 Å². The number of aliphatic hydroxyl groups is 2. The number of hydrogen-bond acceptors (Lipinski definition) is 4. The molecule has 2 aliphatic heterocycles. The fourth-order valence-electron chi connectivity index (χ4n) is 5.41. The van der Waals surface area contributed by atoms with Crippen molar-refractivity contribution in [3.8, 4) is 46.7 Å². The molecule has 2 heterocycles. The van der Waals surface area contributed by atoms with Gasteiger partial charge in [0.1, 0.15) is 23.0 Å². The van der Waals surface area contributed by atoms with Crippen molar-refractivity contribution in [1.29, 1.82) is 0 Å². The predicted octanol–water partition coefficient (Wildman–Crippen LogP) is 6.67. The Morgan fingerprint density at radius 2 is 0.951 bits per heavy atom. The summed E-state index contributed by atoms with van der Waals surface area (Å²) in [6, 6.07) is 37.4. The maximum atomic E-state index is 11.9. The third kappa shape index (κ3) is 4.24. The van der Waals surface area contributed by atoms with E-state index in [1.807, 2.05) is 121 Å². The van der Waals surface area contributed by atoms with E-state index in [0.717, 1.165) is 11.1 Å². The second-order valence-corrected chi connectivity index (χ2v) is 10.0. The van der Waals surface area contributed by atoms with Crippen LogP contribution in [0, 0.1) is 23.7 Å². The maximum Gasteiger partial charge on any atom is 0.184 e. The predicted molar refractivity (Wildman–Crippen MR) is 157 cm³/mol. The van der Waals surface area contributed by atoms with E-state index < -0.39 is 11.2 Å². The van der Waals surface area contributed by atoms with Crippen LogP contribution >= 0.6 is 0 Å². The first-order valence-corrected chi connectivity index (χ1v) is 13.4. The monoisotopic (exact) mass is 532 g/mol. The molecule has 0 aromatic heterocycles. The average molecular weight is 533 g/mol. The number of ether oxygens (including phenoxy) is 2. The molecular formula is C37H24O4. The molecular weight excluding hydrogens is 508 g/mol. The molecule has 0 radical (unpaired) electrons. The van der Waals surface area contributed by atoms with Crippen LogP contribution in [0.1, 0.15) is 33.4 Å². The molecule has 7 rings (SSSR count).